The standard InChI is InChI=1S/C34H34O12S3/c1-22-9-15-26(16-10-22)47(35,36)41-21-29(45-48(37,38)27-17-11-23(2)12-18-27)30-31(46-49(39,40)28-19-13-24(3)14-20-28)32-34(42-30)44-33(43-32)25-7-5-4-6-8-25/h4-20,29-34H,21H2,1-3H3/t29?,30-,31-,32?,33?,34+/m0/s1. The summed E-state index contributed by atoms with van der Waals surface area (Å²) in [5.41, 5.74) is 3.01. The van der Waals surface area contributed by atoms with Crippen LogP contribution in [-0.2, 0) is 57.1 Å². The van der Waals surface area contributed by atoms with Gasteiger partial charge in [0.25, 0.3) is 30.4 Å². The first-order valence-corrected chi connectivity index (χ1v) is 19.4. The van der Waals surface area contributed by atoms with Crippen molar-refractivity contribution in [1.29, 1.82) is 0 Å². The van der Waals surface area contributed by atoms with E-state index < -0.39 is 74.0 Å². The topological polar surface area (TPSA) is 158 Å². The monoisotopic (exact) mass is 730 g/mol. The Kier molecular flexibility index (Phi) is 10.1. The van der Waals surface area contributed by atoms with Gasteiger partial charge >= 0.3 is 0 Å². The number of benzene rings is 4. The third kappa shape index (κ3) is 7.95. The lowest BCUT2D eigenvalue weighted by atomic mass is 10.1. The first kappa shape index (κ1) is 35.3. The van der Waals surface area contributed by atoms with Crippen LogP contribution in [0.5, 0.6) is 0 Å². The second kappa shape index (κ2) is 14.0. The van der Waals surface area contributed by atoms with Gasteiger partial charge in [0, 0.05) is 5.56 Å². The molecule has 6 rings (SSSR count). The van der Waals surface area contributed by atoms with E-state index >= 15 is 0 Å². The molecule has 2 fully saturated rings. The quantitative estimate of drug-likeness (QED) is 0.185. The van der Waals surface area contributed by atoms with E-state index in [0.29, 0.717) is 5.56 Å². The Labute approximate surface area is 285 Å². The number of rotatable bonds is 12. The van der Waals surface area contributed by atoms with Gasteiger partial charge in [-0.1, -0.05) is 83.4 Å². The zero-order valence-corrected chi connectivity index (χ0v) is 29.1. The fourth-order valence-electron chi connectivity index (χ4n) is 5.31. The number of fused-ring (bicyclic) bond motifs is 1. The molecule has 0 bridgehead atoms. The van der Waals surface area contributed by atoms with Crippen molar-refractivity contribution in [3.05, 3.63) is 125 Å². The molecule has 0 aromatic heterocycles. The minimum atomic E-state index is -4.59. The van der Waals surface area contributed by atoms with Crippen LogP contribution in [0, 0.1) is 20.8 Å². The van der Waals surface area contributed by atoms with Gasteiger partial charge in [-0.2, -0.15) is 25.3 Å². The molecule has 0 aliphatic carbocycles. The largest absolute Gasteiger partial charge is 0.341 e. The van der Waals surface area contributed by atoms with E-state index in [0.717, 1.165) is 16.7 Å². The number of ether oxygens (including phenoxy) is 3. The van der Waals surface area contributed by atoms with Crippen LogP contribution in [0.15, 0.2) is 118 Å². The van der Waals surface area contributed by atoms with Crippen LogP contribution in [0.4, 0.5) is 0 Å². The predicted molar refractivity (Wildman–Crippen MR) is 175 cm³/mol. The molecular formula is C34H34O12S3. The minimum absolute atomic E-state index is 0.179. The van der Waals surface area contributed by atoms with Crippen LogP contribution in [0.3, 0.4) is 0 Å². The summed E-state index contributed by atoms with van der Waals surface area (Å²) in [5.74, 6) is 0. The van der Waals surface area contributed by atoms with Crippen LogP contribution in [0.2, 0.25) is 0 Å². The Morgan fingerprint density at radius 1 is 0.592 bits per heavy atom. The maximum atomic E-state index is 13.6. The van der Waals surface area contributed by atoms with Gasteiger partial charge in [-0.25, -0.2) is 0 Å². The molecule has 3 unspecified atom stereocenters. The van der Waals surface area contributed by atoms with E-state index in [9.17, 15) is 25.3 Å². The van der Waals surface area contributed by atoms with Crippen LogP contribution >= 0.6 is 0 Å². The van der Waals surface area contributed by atoms with Crippen LogP contribution in [0.25, 0.3) is 0 Å². The Morgan fingerprint density at radius 3 is 1.61 bits per heavy atom. The number of hydrogen-bond donors (Lipinski definition) is 0. The van der Waals surface area contributed by atoms with E-state index in [2.05, 4.69) is 0 Å². The summed E-state index contributed by atoms with van der Waals surface area (Å²) in [5, 5.41) is 0. The molecule has 4 aromatic carbocycles. The van der Waals surface area contributed by atoms with E-state index in [-0.39, 0.29) is 14.7 Å². The van der Waals surface area contributed by atoms with Gasteiger partial charge in [-0.05, 0) is 57.2 Å². The third-order valence-corrected chi connectivity index (χ3v) is 12.0. The summed E-state index contributed by atoms with van der Waals surface area (Å²) < 4.78 is 116. The molecule has 4 aromatic rings. The van der Waals surface area contributed by atoms with E-state index in [1.54, 1.807) is 87.5 Å². The van der Waals surface area contributed by atoms with Gasteiger partial charge < -0.3 is 14.2 Å². The summed E-state index contributed by atoms with van der Waals surface area (Å²) in [6, 6.07) is 26.3. The Hall–Kier alpha value is -3.51. The Balaban J connectivity index is 1.36. The lowest BCUT2D eigenvalue weighted by Gasteiger charge is -2.28. The lowest BCUT2D eigenvalue weighted by molar-refractivity contribution is -0.185. The average molecular weight is 731 g/mol. The molecule has 2 aliphatic rings. The highest BCUT2D eigenvalue weighted by Gasteiger charge is 2.58. The van der Waals surface area contributed by atoms with Crippen molar-refractivity contribution in [2.75, 3.05) is 6.61 Å². The molecule has 2 saturated heterocycles. The maximum Gasteiger partial charge on any atom is 0.297 e. The van der Waals surface area contributed by atoms with Gasteiger partial charge in [0.15, 0.2) is 12.6 Å². The van der Waals surface area contributed by atoms with Crippen molar-refractivity contribution < 1.29 is 52.0 Å². The molecule has 260 valence electrons. The zero-order chi connectivity index (χ0) is 35.0. The van der Waals surface area contributed by atoms with Gasteiger partial charge in [-0.15, -0.1) is 0 Å². The Bertz CT molecular complexity index is 2090. The molecule has 0 N–H and O–H groups in total. The van der Waals surface area contributed by atoms with Crippen LogP contribution in [-0.4, -0.2) is 62.6 Å². The first-order chi connectivity index (χ1) is 23.2. The summed E-state index contributed by atoms with van der Waals surface area (Å²) in [6.45, 7) is 4.44. The first-order valence-electron chi connectivity index (χ1n) is 15.2. The molecule has 0 radical (unpaired) electrons. The summed E-state index contributed by atoms with van der Waals surface area (Å²) in [4.78, 5) is -0.597. The maximum absolute atomic E-state index is 13.6. The lowest BCUT2D eigenvalue weighted by Crippen LogP contribution is -2.46. The molecule has 0 spiro atoms. The third-order valence-electron chi connectivity index (χ3n) is 7.99. The highest BCUT2D eigenvalue weighted by atomic mass is 32.2. The molecule has 2 heterocycles. The molecule has 49 heavy (non-hydrogen) atoms. The summed E-state index contributed by atoms with van der Waals surface area (Å²) in [7, 11) is -13.6. The van der Waals surface area contributed by atoms with E-state index in [4.69, 9.17) is 26.8 Å². The van der Waals surface area contributed by atoms with Crippen molar-refractivity contribution in [3.63, 3.8) is 0 Å². The molecular weight excluding hydrogens is 697 g/mol. The molecule has 2 aliphatic heterocycles. The van der Waals surface area contributed by atoms with Gasteiger partial charge in [0.1, 0.15) is 24.4 Å². The zero-order valence-electron chi connectivity index (χ0n) is 26.6. The minimum Gasteiger partial charge on any atom is -0.341 e. The molecule has 6 atom stereocenters. The highest BCUT2D eigenvalue weighted by Crippen LogP contribution is 2.43. The second-order valence-corrected chi connectivity index (χ2v) is 16.5. The normalized spacial score (nSPS) is 23.3. The van der Waals surface area contributed by atoms with Crippen molar-refractivity contribution in [2.45, 2.75) is 72.5 Å². The second-order valence-electron chi connectivity index (χ2n) is 11.7. The van der Waals surface area contributed by atoms with E-state index in [1.807, 2.05) is 0 Å². The molecule has 12 nitrogen and oxygen atoms in total. The van der Waals surface area contributed by atoms with Crippen LogP contribution < -0.4 is 0 Å². The van der Waals surface area contributed by atoms with Crippen molar-refractivity contribution in [1.82, 2.24) is 0 Å². The number of aryl methyl sites for hydroxylation is 3. The molecule has 15 heteroatoms. The number of hydrogen-bond acceptors (Lipinski definition) is 12. The Morgan fingerprint density at radius 2 is 1.08 bits per heavy atom. The molecule has 0 saturated carbocycles. The van der Waals surface area contributed by atoms with Crippen LogP contribution in [0.1, 0.15) is 28.5 Å². The predicted octanol–water partition coefficient (Wildman–Crippen LogP) is 4.70. The van der Waals surface area contributed by atoms with Gasteiger partial charge in [0.05, 0.1) is 21.3 Å². The highest BCUT2D eigenvalue weighted by molar-refractivity contribution is 7.87. The summed E-state index contributed by atoms with van der Waals surface area (Å²) >= 11 is 0. The molecule has 0 amide bonds. The smallest absolute Gasteiger partial charge is 0.297 e. The fraction of sp³-hybridized carbons (Fsp3) is 0.294. The van der Waals surface area contributed by atoms with Gasteiger partial charge in [-0.3, -0.25) is 12.5 Å². The van der Waals surface area contributed by atoms with Crippen molar-refractivity contribution in [2.24, 2.45) is 0 Å². The van der Waals surface area contributed by atoms with Gasteiger partial charge in [0.2, 0.25) is 0 Å². The van der Waals surface area contributed by atoms with E-state index in [1.165, 1.54) is 36.4 Å². The fourth-order valence-corrected chi connectivity index (χ4v) is 8.39. The van der Waals surface area contributed by atoms with Crippen molar-refractivity contribution >= 4 is 30.4 Å². The average Bonchev–Trinajstić information content (AvgIpc) is 3.63. The SMILES string of the molecule is Cc1ccc(S(=O)(=O)OCC(OS(=O)(=O)c2ccc(C)cc2)[C@@H]2O[C@@H]3OC(c4ccccc4)OC3[C@H]2OS(=O)(=O)c2ccc(C)cc2)cc1. The van der Waals surface area contributed by atoms with Crippen molar-refractivity contribution in [3.8, 4) is 0 Å². The summed E-state index contributed by atoms with van der Waals surface area (Å²) in [6.07, 6.45) is -8.36.